The molecule has 1 aromatic carbocycles. The van der Waals surface area contributed by atoms with Crippen LogP contribution in [0.2, 0.25) is 5.02 Å². The van der Waals surface area contributed by atoms with Crippen LogP contribution < -0.4 is 0 Å². The molecule has 0 bridgehead atoms. The summed E-state index contributed by atoms with van der Waals surface area (Å²) < 4.78 is 0. The minimum absolute atomic E-state index is 0.118. The molecule has 0 aliphatic carbocycles. The van der Waals surface area contributed by atoms with Crippen LogP contribution in [0.15, 0.2) is 24.3 Å². The standard InChI is InChI=1S/C15H16ClNO2/c1-8(2)11(7-13(18)19)14-9(3)17-15-10(14)5-4-6-12(15)16/h4-8,17H,1-3H3,(H,18,19)/b11-7+. The van der Waals surface area contributed by atoms with Crippen LogP contribution in [0.25, 0.3) is 16.5 Å². The quantitative estimate of drug-likeness (QED) is 0.824. The monoisotopic (exact) mass is 277 g/mol. The number of aromatic nitrogens is 1. The second-order valence-electron chi connectivity index (χ2n) is 4.88. The highest BCUT2D eigenvalue weighted by molar-refractivity contribution is 6.35. The lowest BCUT2D eigenvalue weighted by Gasteiger charge is -2.11. The fourth-order valence-electron chi connectivity index (χ4n) is 2.34. The number of halogens is 1. The van der Waals surface area contributed by atoms with Gasteiger partial charge in [0.15, 0.2) is 0 Å². The predicted molar refractivity (Wildman–Crippen MR) is 78.5 cm³/mol. The molecule has 0 atom stereocenters. The number of hydrogen-bond acceptors (Lipinski definition) is 1. The summed E-state index contributed by atoms with van der Waals surface area (Å²) in [5.74, 6) is -0.813. The topological polar surface area (TPSA) is 53.1 Å². The Bertz CT molecular complexity index is 668. The maximum atomic E-state index is 11.0. The van der Waals surface area contributed by atoms with Gasteiger partial charge in [0.2, 0.25) is 0 Å². The first-order valence-corrected chi connectivity index (χ1v) is 6.51. The van der Waals surface area contributed by atoms with Crippen molar-refractivity contribution in [3.63, 3.8) is 0 Å². The van der Waals surface area contributed by atoms with Gasteiger partial charge in [-0.2, -0.15) is 0 Å². The average molecular weight is 278 g/mol. The third-order valence-electron chi connectivity index (χ3n) is 3.16. The Morgan fingerprint density at radius 2 is 2.11 bits per heavy atom. The summed E-state index contributed by atoms with van der Waals surface area (Å²) in [5.41, 5.74) is 3.53. The van der Waals surface area contributed by atoms with E-state index in [0.29, 0.717) is 5.02 Å². The Morgan fingerprint density at radius 3 is 2.68 bits per heavy atom. The number of benzene rings is 1. The van der Waals surface area contributed by atoms with E-state index in [1.165, 1.54) is 6.08 Å². The summed E-state index contributed by atoms with van der Waals surface area (Å²) in [6.45, 7) is 5.90. The van der Waals surface area contributed by atoms with E-state index in [1.54, 1.807) is 0 Å². The summed E-state index contributed by atoms with van der Waals surface area (Å²) in [4.78, 5) is 14.2. The number of hydrogen-bond donors (Lipinski definition) is 2. The van der Waals surface area contributed by atoms with E-state index < -0.39 is 5.97 Å². The van der Waals surface area contributed by atoms with Crippen molar-refractivity contribution in [3.05, 3.63) is 40.6 Å². The number of aryl methyl sites for hydroxylation is 1. The number of carboxylic acids is 1. The van der Waals surface area contributed by atoms with Crippen LogP contribution in [-0.2, 0) is 4.79 Å². The molecule has 4 heteroatoms. The summed E-state index contributed by atoms with van der Waals surface area (Å²) in [7, 11) is 0. The molecule has 0 fully saturated rings. The molecule has 2 aromatic rings. The van der Waals surface area contributed by atoms with Crippen LogP contribution in [0.3, 0.4) is 0 Å². The number of rotatable bonds is 3. The molecular formula is C15H16ClNO2. The van der Waals surface area contributed by atoms with E-state index >= 15 is 0 Å². The van der Waals surface area contributed by atoms with Crippen molar-refractivity contribution in [1.82, 2.24) is 4.98 Å². The first-order chi connectivity index (χ1) is 8.91. The van der Waals surface area contributed by atoms with Gasteiger partial charge in [-0.3, -0.25) is 0 Å². The number of nitrogens with one attached hydrogen (secondary N) is 1. The van der Waals surface area contributed by atoms with Gasteiger partial charge < -0.3 is 10.1 Å². The van der Waals surface area contributed by atoms with Crippen molar-refractivity contribution in [2.45, 2.75) is 20.8 Å². The van der Waals surface area contributed by atoms with Gasteiger partial charge in [0, 0.05) is 22.7 Å². The Labute approximate surface area is 116 Å². The number of fused-ring (bicyclic) bond motifs is 1. The predicted octanol–water partition coefficient (Wildman–Crippen LogP) is 4.25. The van der Waals surface area contributed by atoms with E-state index in [2.05, 4.69) is 4.98 Å². The third kappa shape index (κ3) is 2.51. The number of aromatic amines is 1. The highest BCUT2D eigenvalue weighted by Crippen LogP contribution is 2.35. The molecule has 2 rings (SSSR count). The lowest BCUT2D eigenvalue weighted by Crippen LogP contribution is -1.99. The average Bonchev–Trinajstić information content (AvgIpc) is 2.64. The molecule has 0 aliphatic heterocycles. The fourth-order valence-corrected chi connectivity index (χ4v) is 2.57. The minimum Gasteiger partial charge on any atom is -0.478 e. The van der Waals surface area contributed by atoms with Crippen molar-refractivity contribution >= 4 is 34.0 Å². The summed E-state index contributed by atoms with van der Waals surface area (Å²) in [6.07, 6.45) is 1.28. The number of carbonyl (C=O) groups is 1. The largest absolute Gasteiger partial charge is 0.478 e. The normalized spacial score (nSPS) is 12.4. The summed E-state index contributed by atoms with van der Waals surface area (Å²) >= 11 is 6.17. The Hall–Kier alpha value is -1.74. The van der Waals surface area contributed by atoms with Crippen molar-refractivity contribution in [1.29, 1.82) is 0 Å². The second-order valence-corrected chi connectivity index (χ2v) is 5.29. The first kappa shape index (κ1) is 13.7. The Balaban J connectivity index is 2.77. The van der Waals surface area contributed by atoms with Gasteiger partial charge >= 0.3 is 5.97 Å². The molecule has 1 aromatic heterocycles. The van der Waals surface area contributed by atoms with E-state index in [1.807, 2.05) is 39.0 Å². The molecular weight excluding hydrogens is 262 g/mol. The number of H-pyrrole nitrogens is 1. The lowest BCUT2D eigenvalue weighted by atomic mass is 9.92. The Kier molecular flexibility index (Phi) is 3.67. The molecule has 0 radical (unpaired) electrons. The molecule has 0 spiro atoms. The maximum absolute atomic E-state index is 11.0. The van der Waals surface area contributed by atoms with E-state index in [4.69, 9.17) is 16.7 Å². The molecule has 0 saturated carbocycles. The SMILES string of the molecule is Cc1[nH]c2c(Cl)cccc2c1/C(=C/C(=O)O)C(C)C. The van der Waals surface area contributed by atoms with Gasteiger partial charge in [0.05, 0.1) is 10.5 Å². The molecule has 2 N–H and O–H groups in total. The van der Waals surface area contributed by atoms with E-state index in [-0.39, 0.29) is 5.92 Å². The van der Waals surface area contributed by atoms with Crippen LogP contribution in [0.1, 0.15) is 25.1 Å². The third-order valence-corrected chi connectivity index (χ3v) is 3.48. The van der Waals surface area contributed by atoms with Gasteiger partial charge in [0.25, 0.3) is 0 Å². The van der Waals surface area contributed by atoms with Gasteiger partial charge in [0.1, 0.15) is 0 Å². The zero-order valence-corrected chi connectivity index (χ0v) is 11.9. The van der Waals surface area contributed by atoms with Crippen LogP contribution >= 0.6 is 11.6 Å². The van der Waals surface area contributed by atoms with Crippen molar-refractivity contribution in [2.75, 3.05) is 0 Å². The molecule has 0 amide bonds. The van der Waals surface area contributed by atoms with Gasteiger partial charge in [-0.15, -0.1) is 0 Å². The molecule has 0 saturated heterocycles. The molecule has 0 unspecified atom stereocenters. The van der Waals surface area contributed by atoms with Crippen LogP contribution in [0.4, 0.5) is 0 Å². The highest BCUT2D eigenvalue weighted by atomic mass is 35.5. The fraction of sp³-hybridized carbons (Fsp3) is 0.267. The molecule has 0 aliphatic rings. The highest BCUT2D eigenvalue weighted by Gasteiger charge is 2.17. The minimum atomic E-state index is -0.931. The molecule has 100 valence electrons. The van der Waals surface area contributed by atoms with Crippen LogP contribution in [-0.4, -0.2) is 16.1 Å². The summed E-state index contributed by atoms with van der Waals surface area (Å²) in [5, 5.41) is 10.6. The van der Waals surface area contributed by atoms with Gasteiger partial charge in [-0.05, 0) is 24.5 Å². The van der Waals surface area contributed by atoms with Crippen LogP contribution in [0, 0.1) is 12.8 Å². The number of aliphatic carboxylic acids is 1. The van der Waals surface area contributed by atoms with Crippen molar-refractivity contribution in [3.8, 4) is 0 Å². The number of allylic oxidation sites excluding steroid dienone is 1. The van der Waals surface area contributed by atoms with Crippen molar-refractivity contribution in [2.24, 2.45) is 5.92 Å². The molecule has 3 nitrogen and oxygen atoms in total. The first-order valence-electron chi connectivity index (χ1n) is 6.13. The lowest BCUT2D eigenvalue weighted by molar-refractivity contribution is -0.131. The second kappa shape index (κ2) is 5.10. The molecule has 19 heavy (non-hydrogen) atoms. The Morgan fingerprint density at radius 1 is 1.42 bits per heavy atom. The van der Waals surface area contributed by atoms with E-state index in [9.17, 15) is 4.79 Å². The smallest absolute Gasteiger partial charge is 0.328 e. The van der Waals surface area contributed by atoms with E-state index in [0.717, 1.165) is 27.7 Å². The zero-order valence-electron chi connectivity index (χ0n) is 11.1. The van der Waals surface area contributed by atoms with Crippen LogP contribution in [0.5, 0.6) is 0 Å². The number of para-hydroxylation sites is 1. The summed E-state index contributed by atoms with van der Waals surface area (Å²) in [6, 6.07) is 5.65. The van der Waals surface area contributed by atoms with Gasteiger partial charge in [-0.25, -0.2) is 4.79 Å². The maximum Gasteiger partial charge on any atom is 0.328 e. The molecule has 1 heterocycles. The number of carboxylic acid groups (broad SMARTS) is 1. The van der Waals surface area contributed by atoms with Crippen molar-refractivity contribution < 1.29 is 9.90 Å². The zero-order chi connectivity index (χ0) is 14.2. The van der Waals surface area contributed by atoms with Gasteiger partial charge in [-0.1, -0.05) is 37.6 Å².